The van der Waals surface area contributed by atoms with Gasteiger partial charge in [-0.1, -0.05) is 0 Å². The number of hydrogen-bond donors (Lipinski definition) is 1. The van der Waals surface area contributed by atoms with Gasteiger partial charge in [-0.25, -0.2) is 9.18 Å². The number of halogens is 1. The molecule has 17 heavy (non-hydrogen) atoms. The van der Waals surface area contributed by atoms with Crippen LogP contribution >= 0.6 is 0 Å². The van der Waals surface area contributed by atoms with Gasteiger partial charge >= 0.3 is 5.97 Å². The minimum absolute atomic E-state index is 0.0619. The van der Waals surface area contributed by atoms with E-state index in [0.717, 1.165) is 7.11 Å². The number of carbonyl (C=O) groups is 1. The van der Waals surface area contributed by atoms with Crippen LogP contribution in [0.5, 0.6) is 5.75 Å². The lowest BCUT2D eigenvalue weighted by Crippen LogP contribution is -2.17. The number of fused-ring (bicyclic) bond motifs is 1. The number of hydrogen-bond acceptors (Lipinski definition) is 5. The molecule has 0 radical (unpaired) electrons. The van der Waals surface area contributed by atoms with Crippen molar-refractivity contribution in [2.24, 2.45) is 0 Å². The minimum Gasteiger partial charge on any atom is -0.467 e. The summed E-state index contributed by atoms with van der Waals surface area (Å²) in [6.45, 7) is 0.299. The van der Waals surface area contributed by atoms with Crippen molar-refractivity contribution in [3.05, 3.63) is 29.1 Å². The molecule has 0 bridgehead atoms. The molecule has 92 valence electrons. The van der Waals surface area contributed by atoms with Crippen molar-refractivity contribution in [1.82, 2.24) is 0 Å². The number of ether oxygens (including phenoxy) is 3. The predicted octanol–water partition coefficient (Wildman–Crippen LogP) is 0.899. The van der Waals surface area contributed by atoms with E-state index >= 15 is 0 Å². The maximum absolute atomic E-state index is 13.6. The average Bonchev–Trinajstić information content (AvgIpc) is 2.36. The number of rotatable bonds is 2. The molecule has 5 nitrogen and oxygen atoms in total. The molecule has 1 N–H and O–H groups in total. The maximum atomic E-state index is 13.6. The number of aliphatic hydroxyl groups is 1. The normalized spacial score (nSPS) is 15.7. The molecule has 0 amide bonds. The Hall–Kier alpha value is -1.66. The largest absolute Gasteiger partial charge is 0.467 e. The first-order valence-electron chi connectivity index (χ1n) is 4.92. The number of benzene rings is 1. The fourth-order valence-electron chi connectivity index (χ4n) is 1.56. The second kappa shape index (κ2) is 4.68. The van der Waals surface area contributed by atoms with Gasteiger partial charge in [-0.15, -0.1) is 0 Å². The van der Waals surface area contributed by atoms with Crippen LogP contribution in [-0.2, 0) is 20.9 Å². The summed E-state index contributed by atoms with van der Waals surface area (Å²) in [5.74, 6) is -1.22. The lowest BCUT2D eigenvalue weighted by atomic mass is 10.0. The van der Waals surface area contributed by atoms with Crippen molar-refractivity contribution >= 4 is 5.97 Å². The molecule has 1 aromatic carbocycles. The zero-order valence-electron chi connectivity index (χ0n) is 9.10. The highest BCUT2D eigenvalue weighted by Crippen LogP contribution is 2.30. The standard InChI is InChI=1S/C11H11FO5/c1-15-11(14)10(13)7-3-9-6(2-8(7)12)4-16-5-17-9/h2-3,10,13H,4-5H2,1H3. The Morgan fingerprint density at radius 1 is 1.59 bits per heavy atom. The lowest BCUT2D eigenvalue weighted by Gasteiger charge is -2.19. The van der Waals surface area contributed by atoms with Crippen LogP contribution in [0, 0.1) is 5.82 Å². The fourth-order valence-corrected chi connectivity index (χ4v) is 1.56. The van der Waals surface area contributed by atoms with Gasteiger partial charge in [-0.3, -0.25) is 0 Å². The van der Waals surface area contributed by atoms with Gasteiger partial charge in [0.1, 0.15) is 11.6 Å². The molecule has 1 unspecified atom stereocenters. The van der Waals surface area contributed by atoms with Crippen LogP contribution in [0.15, 0.2) is 12.1 Å². The van der Waals surface area contributed by atoms with Gasteiger partial charge in [0, 0.05) is 11.1 Å². The van der Waals surface area contributed by atoms with Crippen molar-refractivity contribution in [1.29, 1.82) is 0 Å². The molecule has 0 fully saturated rings. The quantitative estimate of drug-likeness (QED) is 0.780. The van der Waals surface area contributed by atoms with Crippen LogP contribution in [0.3, 0.4) is 0 Å². The smallest absolute Gasteiger partial charge is 0.339 e. The van der Waals surface area contributed by atoms with E-state index < -0.39 is 17.9 Å². The lowest BCUT2D eigenvalue weighted by molar-refractivity contribution is -0.150. The molecule has 0 saturated heterocycles. The van der Waals surface area contributed by atoms with Crippen molar-refractivity contribution in [3.63, 3.8) is 0 Å². The first-order chi connectivity index (χ1) is 8.13. The molecule has 1 atom stereocenters. The van der Waals surface area contributed by atoms with Crippen LogP contribution in [0.1, 0.15) is 17.2 Å². The molecule has 0 saturated carbocycles. The van der Waals surface area contributed by atoms with Gasteiger partial charge in [0.25, 0.3) is 0 Å². The van der Waals surface area contributed by atoms with Gasteiger partial charge in [0.15, 0.2) is 12.9 Å². The van der Waals surface area contributed by atoms with Crippen LogP contribution in [0.4, 0.5) is 4.39 Å². The Balaban J connectivity index is 2.37. The van der Waals surface area contributed by atoms with Crippen LogP contribution in [0.2, 0.25) is 0 Å². The zero-order valence-corrected chi connectivity index (χ0v) is 9.10. The van der Waals surface area contributed by atoms with Crippen LogP contribution in [-0.4, -0.2) is 25.0 Å². The topological polar surface area (TPSA) is 65.0 Å². The Morgan fingerprint density at radius 2 is 2.35 bits per heavy atom. The van der Waals surface area contributed by atoms with Gasteiger partial charge in [-0.05, 0) is 12.1 Å². The Morgan fingerprint density at radius 3 is 3.06 bits per heavy atom. The van der Waals surface area contributed by atoms with Crippen molar-refractivity contribution in [3.8, 4) is 5.75 Å². The second-order valence-corrected chi connectivity index (χ2v) is 3.52. The third-order valence-electron chi connectivity index (χ3n) is 2.45. The van der Waals surface area contributed by atoms with Gasteiger partial charge < -0.3 is 19.3 Å². The fraction of sp³-hybridized carbons (Fsp3) is 0.364. The van der Waals surface area contributed by atoms with E-state index in [0.29, 0.717) is 11.3 Å². The third-order valence-corrected chi connectivity index (χ3v) is 2.45. The van der Waals surface area contributed by atoms with E-state index in [1.54, 1.807) is 0 Å². The highest BCUT2D eigenvalue weighted by Gasteiger charge is 2.24. The van der Waals surface area contributed by atoms with Crippen LogP contribution < -0.4 is 4.74 Å². The first-order valence-corrected chi connectivity index (χ1v) is 4.92. The Bertz CT molecular complexity index is 446. The van der Waals surface area contributed by atoms with E-state index in [1.165, 1.54) is 12.1 Å². The molecule has 0 spiro atoms. The van der Waals surface area contributed by atoms with Crippen LogP contribution in [0.25, 0.3) is 0 Å². The van der Waals surface area contributed by atoms with E-state index in [1.807, 2.05) is 0 Å². The van der Waals surface area contributed by atoms with Gasteiger partial charge in [0.2, 0.25) is 0 Å². The number of methoxy groups -OCH3 is 1. The minimum atomic E-state index is -1.66. The van der Waals surface area contributed by atoms with E-state index in [-0.39, 0.29) is 19.0 Å². The first kappa shape index (κ1) is 11.8. The average molecular weight is 242 g/mol. The summed E-state index contributed by atoms with van der Waals surface area (Å²) in [7, 11) is 1.12. The summed E-state index contributed by atoms with van der Waals surface area (Å²) >= 11 is 0. The molecular weight excluding hydrogens is 231 g/mol. The van der Waals surface area contributed by atoms with Crippen molar-refractivity contribution in [2.45, 2.75) is 12.7 Å². The third kappa shape index (κ3) is 2.22. The molecule has 0 aliphatic carbocycles. The summed E-state index contributed by atoms with van der Waals surface area (Å²) in [4.78, 5) is 11.1. The second-order valence-electron chi connectivity index (χ2n) is 3.52. The number of carbonyl (C=O) groups excluding carboxylic acids is 1. The summed E-state index contributed by atoms with van der Waals surface area (Å²) < 4.78 is 28.1. The molecule has 1 heterocycles. The van der Waals surface area contributed by atoms with Gasteiger partial charge in [-0.2, -0.15) is 0 Å². The number of aliphatic hydroxyl groups excluding tert-OH is 1. The molecular formula is C11H11FO5. The van der Waals surface area contributed by atoms with Crippen molar-refractivity contribution in [2.75, 3.05) is 13.9 Å². The monoisotopic (exact) mass is 242 g/mol. The predicted molar refractivity (Wildman–Crippen MR) is 53.7 cm³/mol. The Labute approximate surface area is 96.7 Å². The Kier molecular flexibility index (Phi) is 3.26. The zero-order chi connectivity index (χ0) is 12.4. The summed E-state index contributed by atoms with van der Waals surface area (Å²) in [5.41, 5.74) is 0.368. The number of esters is 1. The SMILES string of the molecule is COC(=O)C(O)c1cc2c(cc1F)COCO2. The molecule has 0 aromatic heterocycles. The summed E-state index contributed by atoms with van der Waals surface area (Å²) in [5, 5.41) is 9.57. The van der Waals surface area contributed by atoms with E-state index in [4.69, 9.17) is 9.47 Å². The molecule has 1 aliphatic heterocycles. The van der Waals surface area contributed by atoms with E-state index in [9.17, 15) is 14.3 Å². The molecule has 1 aromatic rings. The molecule has 1 aliphatic rings. The highest BCUT2D eigenvalue weighted by atomic mass is 19.1. The molecule has 2 rings (SSSR count). The van der Waals surface area contributed by atoms with E-state index in [2.05, 4.69) is 4.74 Å². The summed E-state index contributed by atoms with van der Waals surface area (Å²) in [6, 6.07) is 2.46. The molecule has 6 heteroatoms. The van der Waals surface area contributed by atoms with Gasteiger partial charge in [0.05, 0.1) is 13.7 Å². The van der Waals surface area contributed by atoms with Crippen molar-refractivity contribution < 1.29 is 28.5 Å². The summed E-state index contributed by atoms with van der Waals surface area (Å²) in [6.07, 6.45) is -1.66. The maximum Gasteiger partial charge on any atom is 0.339 e. The highest BCUT2D eigenvalue weighted by molar-refractivity contribution is 5.76.